The van der Waals surface area contributed by atoms with Gasteiger partial charge in [-0.1, -0.05) is 12.1 Å². The van der Waals surface area contributed by atoms with Gasteiger partial charge < -0.3 is 0 Å². The van der Waals surface area contributed by atoms with E-state index in [1.807, 2.05) is 0 Å². The minimum absolute atomic E-state index is 0.121. The maximum atomic E-state index is 13.0. The zero-order chi connectivity index (χ0) is 23.4. The average molecular weight is 515 g/mol. The lowest BCUT2D eigenvalue weighted by atomic mass is 9.99. The summed E-state index contributed by atoms with van der Waals surface area (Å²) in [5, 5.41) is 0. The van der Waals surface area contributed by atoms with E-state index in [-0.39, 0.29) is 32.0 Å². The number of benzene rings is 3. The zero-order valence-electron chi connectivity index (χ0n) is 15.4. The monoisotopic (exact) mass is 514 g/mol. The molecular formula is C18H10O10S4. The Kier molecular flexibility index (Phi) is 4.00. The molecule has 0 amide bonds. The molecule has 5 rings (SSSR count). The van der Waals surface area contributed by atoms with Gasteiger partial charge in [-0.05, 0) is 36.4 Å². The van der Waals surface area contributed by atoms with Crippen molar-refractivity contribution < 1.29 is 42.8 Å². The number of fused-ring (bicyclic) bond motifs is 6. The first kappa shape index (κ1) is 21.2. The summed E-state index contributed by atoms with van der Waals surface area (Å²) in [6.07, 6.45) is 0. The maximum absolute atomic E-state index is 13.0. The molecule has 0 radical (unpaired) electrons. The molecule has 0 aliphatic carbocycles. The highest BCUT2D eigenvalue weighted by atomic mass is 32.2. The number of sulfone groups is 2. The molecule has 32 heavy (non-hydrogen) atoms. The molecule has 3 aromatic rings. The van der Waals surface area contributed by atoms with Crippen LogP contribution in [0.15, 0.2) is 77.9 Å². The summed E-state index contributed by atoms with van der Waals surface area (Å²) in [6.45, 7) is 0. The molecule has 14 heteroatoms. The molecule has 0 bridgehead atoms. The van der Waals surface area contributed by atoms with Crippen molar-refractivity contribution in [2.24, 2.45) is 0 Å². The SMILES string of the molecule is O=S(=O)(O)c1ccc2c(c1)S(=O)(=O)c1cc3c(cc1-2)-c1ccc(S(=O)(=O)O)cc1S3(=O)=O. The van der Waals surface area contributed by atoms with E-state index in [9.17, 15) is 42.8 Å². The predicted molar refractivity (Wildman–Crippen MR) is 108 cm³/mol. The molecule has 0 aromatic heterocycles. The first-order valence-electron chi connectivity index (χ1n) is 8.55. The van der Waals surface area contributed by atoms with E-state index in [1.165, 1.54) is 18.2 Å². The van der Waals surface area contributed by atoms with Gasteiger partial charge in [0, 0.05) is 22.3 Å². The Morgan fingerprint density at radius 3 is 1.19 bits per heavy atom. The standard InChI is InChI=1S/C18H10O10S4/c19-29(20)15-5-9(31(23,24)25)1-3-11(15)13-7-14-12-4-2-10(32(26,27)28)6-16(12)30(21,22)18(14)8-17(13)29/h1-8H,(H,23,24,25)(H,26,27,28). The van der Waals surface area contributed by atoms with Crippen LogP contribution in [0.4, 0.5) is 0 Å². The van der Waals surface area contributed by atoms with Crippen LogP contribution >= 0.6 is 0 Å². The van der Waals surface area contributed by atoms with Crippen molar-refractivity contribution in [3.63, 3.8) is 0 Å². The Hall–Kier alpha value is -2.62. The van der Waals surface area contributed by atoms with Crippen LogP contribution in [-0.2, 0) is 39.9 Å². The molecular weight excluding hydrogens is 504 g/mol. The van der Waals surface area contributed by atoms with Gasteiger partial charge >= 0.3 is 0 Å². The van der Waals surface area contributed by atoms with E-state index in [0.29, 0.717) is 0 Å². The highest BCUT2D eigenvalue weighted by Crippen LogP contribution is 2.51. The smallest absolute Gasteiger partial charge is 0.282 e. The first-order chi connectivity index (χ1) is 14.6. The summed E-state index contributed by atoms with van der Waals surface area (Å²) in [4.78, 5) is -2.79. The third-order valence-corrected chi connectivity index (χ3v) is 10.7. The van der Waals surface area contributed by atoms with Crippen molar-refractivity contribution in [1.82, 2.24) is 0 Å². The van der Waals surface area contributed by atoms with Gasteiger partial charge in [-0.15, -0.1) is 0 Å². The lowest BCUT2D eigenvalue weighted by molar-refractivity contribution is 0.480. The molecule has 0 unspecified atom stereocenters. The Labute approximate surface area is 182 Å². The summed E-state index contributed by atoms with van der Waals surface area (Å²) < 4.78 is 116. The van der Waals surface area contributed by atoms with Gasteiger partial charge in [-0.3, -0.25) is 9.11 Å². The van der Waals surface area contributed by atoms with Crippen LogP contribution in [0, 0.1) is 0 Å². The van der Waals surface area contributed by atoms with Gasteiger partial charge in [0.15, 0.2) is 0 Å². The highest BCUT2D eigenvalue weighted by molar-refractivity contribution is 7.93. The molecule has 2 N–H and O–H groups in total. The Morgan fingerprint density at radius 2 is 0.844 bits per heavy atom. The summed E-state index contributed by atoms with van der Waals surface area (Å²) in [5.41, 5.74) is 0.497. The van der Waals surface area contributed by atoms with Crippen molar-refractivity contribution in [2.75, 3.05) is 0 Å². The van der Waals surface area contributed by atoms with E-state index < -0.39 is 59.5 Å². The van der Waals surface area contributed by atoms with Gasteiger partial charge in [0.2, 0.25) is 19.7 Å². The Morgan fingerprint density at radius 1 is 0.500 bits per heavy atom. The van der Waals surface area contributed by atoms with Crippen LogP contribution < -0.4 is 0 Å². The molecule has 0 saturated heterocycles. The van der Waals surface area contributed by atoms with Crippen molar-refractivity contribution in [3.8, 4) is 22.3 Å². The zero-order valence-corrected chi connectivity index (χ0v) is 18.7. The molecule has 2 aliphatic rings. The number of hydrogen-bond donors (Lipinski definition) is 2. The molecule has 2 aliphatic heterocycles. The molecule has 166 valence electrons. The molecule has 0 atom stereocenters. The topological polar surface area (TPSA) is 177 Å². The third kappa shape index (κ3) is 2.74. The largest absolute Gasteiger partial charge is 0.294 e. The summed E-state index contributed by atoms with van der Waals surface area (Å²) in [7, 11) is -18.0. The van der Waals surface area contributed by atoms with Gasteiger partial charge in [0.25, 0.3) is 20.2 Å². The summed E-state index contributed by atoms with van der Waals surface area (Å²) >= 11 is 0. The minimum Gasteiger partial charge on any atom is -0.282 e. The fraction of sp³-hybridized carbons (Fsp3) is 0. The fourth-order valence-corrected chi connectivity index (χ4v) is 8.55. The lowest BCUT2D eigenvalue weighted by Crippen LogP contribution is -2.03. The van der Waals surface area contributed by atoms with Crippen LogP contribution in [0.5, 0.6) is 0 Å². The second-order valence-corrected chi connectivity index (χ2v) is 13.7. The van der Waals surface area contributed by atoms with Gasteiger partial charge in [-0.2, -0.15) is 16.8 Å². The molecule has 0 fully saturated rings. The summed E-state index contributed by atoms with van der Waals surface area (Å²) in [6, 6.07) is 8.29. The van der Waals surface area contributed by atoms with Gasteiger partial charge in [-0.25, -0.2) is 16.8 Å². The van der Waals surface area contributed by atoms with E-state index >= 15 is 0 Å². The van der Waals surface area contributed by atoms with Crippen LogP contribution in [0.25, 0.3) is 22.3 Å². The maximum Gasteiger partial charge on any atom is 0.294 e. The molecule has 10 nitrogen and oxygen atoms in total. The van der Waals surface area contributed by atoms with Crippen molar-refractivity contribution in [3.05, 3.63) is 48.5 Å². The van der Waals surface area contributed by atoms with Crippen LogP contribution in [-0.4, -0.2) is 42.8 Å². The van der Waals surface area contributed by atoms with Crippen LogP contribution in [0.2, 0.25) is 0 Å². The quantitative estimate of drug-likeness (QED) is 0.330. The van der Waals surface area contributed by atoms with Crippen molar-refractivity contribution >= 4 is 39.9 Å². The number of hydrogen-bond acceptors (Lipinski definition) is 8. The molecule has 0 saturated carbocycles. The van der Waals surface area contributed by atoms with E-state index in [2.05, 4.69) is 0 Å². The normalized spacial score (nSPS) is 17.3. The summed E-state index contributed by atoms with van der Waals surface area (Å²) in [5.74, 6) is 0. The minimum atomic E-state index is -4.68. The molecule has 0 spiro atoms. The fourth-order valence-electron chi connectivity index (χ4n) is 3.88. The van der Waals surface area contributed by atoms with E-state index in [1.54, 1.807) is 0 Å². The van der Waals surface area contributed by atoms with E-state index in [0.717, 1.165) is 30.3 Å². The Balaban J connectivity index is 1.82. The highest BCUT2D eigenvalue weighted by Gasteiger charge is 2.41. The predicted octanol–water partition coefficient (Wildman–Crippen LogP) is 1.81. The molecule has 2 heterocycles. The van der Waals surface area contributed by atoms with Crippen molar-refractivity contribution in [2.45, 2.75) is 29.4 Å². The average Bonchev–Trinajstić information content (AvgIpc) is 3.05. The Bertz CT molecular complexity index is 1700. The van der Waals surface area contributed by atoms with Crippen LogP contribution in [0.3, 0.4) is 0 Å². The first-order valence-corrected chi connectivity index (χ1v) is 14.4. The second kappa shape index (κ2) is 6.03. The third-order valence-electron chi connectivity index (χ3n) is 5.32. The molecule has 3 aromatic carbocycles. The van der Waals surface area contributed by atoms with Crippen molar-refractivity contribution in [1.29, 1.82) is 0 Å². The van der Waals surface area contributed by atoms with Gasteiger partial charge in [0.1, 0.15) is 0 Å². The second-order valence-electron chi connectivity index (χ2n) is 7.12. The van der Waals surface area contributed by atoms with E-state index in [4.69, 9.17) is 0 Å². The number of rotatable bonds is 2. The van der Waals surface area contributed by atoms with Gasteiger partial charge in [0.05, 0.1) is 29.4 Å². The van der Waals surface area contributed by atoms with Crippen LogP contribution in [0.1, 0.15) is 0 Å². The lowest BCUT2D eigenvalue weighted by Gasteiger charge is -2.04.